The van der Waals surface area contributed by atoms with Gasteiger partial charge < -0.3 is 4.74 Å². The standard InChI is InChI=1S/C20H27BrN2O2/c1-4-5-8-20-12-22-10-19(2,18(20)24)11-23(13-20)17(22)15-9-14(21)6-7-16(15)25-3/h6-7,9,17H,4-5,8,10-13H2,1-3H3. The Balaban J connectivity index is 1.73. The van der Waals surface area contributed by atoms with Crippen molar-refractivity contribution < 1.29 is 9.53 Å². The molecule has 4 fully saturated rings. The summed E-state index contributed by atoms with van der Waals surface area (Å²) in [4.78, 5) is 18.3. The molecule has 4 bridgehead atoms. The van der Waals surface area contributed by atoms with Crippen LogP contribution in [0.4, 0.5) is 0 Å². The van der Waals surface area contributed by atoms with E-state index in [2.05, 4.69) is 45.6 Å². The largest absolute Gasteiger partial charge is 0.496 e. The number of piperidine rings is 2. The van der Waals surface area contributed by atoms with Gasteiger partial charge in [-0.05, 0) is 24.6 Å². The van der Waals surface area contributed by atoms with Crippen LogP contribution in [0.5, 0.6) is 5.75 Å². The number of benzene rings is 1. The van der Waals surface area contributed by atoms with Gasteiger partial charge in [0.2, 0.25) is 0 Å². The van der Waals surface area contributed by atoms with Crippen LogP contribution >= 0.6 is 15.9 Å². The Bertz CT molecular complexity index is 689. The lowest BCUT2D eigenvalue weighted by molar-refractivity contribution is -0.201. The normalized spacial score (nSPS) is 39.0. The van der Waals surface area contributed by atoms with Crippen LogP contribution in [0.2, 0.25) is 0 Å². The van der Waals surface area contributed by atoms with E-state index in [9.17, 15) is 4.79 Å². The molecule has 0 saturated carbocycles. The third kappa shape index (κ3) is 2.58. The number of hydrogen-bond acceptors (Lipinski definition) is 4. The molecule has 4 nitrogen and oxygen atoms in total. The molecule has 2 unspecified atom stereocenters. The van der Waals surface area contributed by atoms with Gasteiger partial charge in [-0.25, -0.2) is 0 Å². The molecule has 0 aromatic heterocycles. The third-order valence-corrected chi connectivity index (χ3v) is 6.81. The summed E-state index contributed by atoms with van der Waals surface area (Å²) in [6.07, 6.45) is 3.51. The summed E-state index contributed by atoms with van der Waals surface area (Å²) in [6.45, 7) is 7.87. The Morgan fingerprint density at radius 2 is 1.92 bits per heavy atom. The first-order valence-electron chi connectivity index (χ1n) is 9.29. The fraction of sp³-hybridized carbons (Fsp3) is 0.650. The van der Waals surface area contributed by atoms with Crippen molar-refractivity contribution in [3.8, 4) is 5.75 Å². The zero-order valence-electron chi connectivity index (χ0n) is 15.3. The highest BCUT2D eigenvalue weighted by Gasteiger charge is 2.63. The lowest BCUT2D eigenvalue weighted by Crippen LogP contribution is -2.76. The molecular weight excluding hydrogens is 380 g/mol. The van der Waals surface area contributed by atoms with E-state index in [4.69, 9.17) is 4.74 Å². The van der Waals surface area contributed by atoms with Gasteiger partial charge in [-0.15, -0.1) is 0 Å². The van der Waals surface area contributed by atoms with E-state index >= 15 is 0 Å². The average molecular weight is 407 g/mol. The number of halogens is 1. The summed E-state index contributed by atoms with van der Waals surface area (Å²) in [7, 11) is 1.74. The molecule has 0 radical (unpaired) electrons. The van der Waals surface area contributed by atoms with Crippen molar-refractivity contribution in [2.75, 3.05) is 33.3 Å². The second kappa shape index (κ2) is 6.07. The maximum absolute atomic E-state index is 13.3. The van der Waals surface area contributed by atoms with Crippen LogP contribution in [-0.2, 0) is 4.79 Å². The summed E-state index contributed by atoms with van der Waals surface area (Å²) in [5.41, 5.74) is 0.814. The van der Waals surface area contributed by atoms with Crippen LogP contribution in [0.1, 0.15) is 44.8 Å². The molecule has 5 heteroatoms. The summed E-state index contributed by atoms with van der Waals surface area (Å²) < 4.78 is 6.72. The maximum Gasteiger partial charge on any atom is 0.150 e. The maximum atomic E-state index is 13.3. The molecule has 0 N–H and O–H groups in total. The van der Waals surface area contributed by atoms with E-state index in [-0.39, 0.29) is 17.0 Å². The number of carbonyl (C=O) groups excluding carboxylic acids is 1. The van der Waals surface area contributed by atoms with Crippen molar-refractivity contribution in [2.45, 2.75) is 39.3 Å². The first-order chi connectivity index (χ1) is 11.9. The summed E-state index contributed by atoms with van der Waals surface area (Å²) in [5.74, 6) is 1.44. The van der Waals surface area contributed by atoms with E-state index in [0.717, 1.165) is 55.7 Å². The number of Topliss-reactive ketones (excluding diaryl/α,β-unsaturated/α-hetero) is 1. The fourth-order valence-corrected chi connectivity index (χ4v) is 5.86. The molecule has 1 aromatic rings. The van der Waals surface area contributed by atoms with Crippen molar-refractivity contribution in [3.05, 3.63) is 28.2 Å². The van der Waals surface area contributed by atoms with Gasteiger partial charge in [-0.1, -0.05) is 42.6 Å². The third-order valence-electron chi connectivity index (χ3n) is 6.32. The molecule has 4 aliphatic rings. The number of methoxy groups -OCH3 is 1. The molecular formula is C20H27BrN2O2. The predicted molar refractivity (Wildman–Crippen MR) is 102 cm³/mol. The molecule has 136 valence electrons. The Hall–Kier alpha value is -0.910. The van der Waals surface area contributed by atoms with E-state index in [0.29, 0.717) is 5.78 Å². The van der Waals surface area contributed by atoms with E-state index in [1.807, 2.05) is 12.1 Å². The summed E-state index contributed by atoms with van der Waals surface area (Å²) in [6, 6.07) is 6.23. The number of unbranched alkanes of at least 4 members (excludes halogenated alkanes) is 1. The van der Waals surface area contributed by atoms with Crippen LogP contribution in [0.15, 0.2) is 22.7 Å². The van der Waals surface area contributed by atoms with Crippen molar-refractivity contribution in [3.63, 3.8) is 0 Å². The van der Waals surface area contributed by atoms with Crippen LogP contribution in [0.25, 0.3) is 0 Å². The molecule has 5 rings (SSSR count). The lowest BCUT2D eigenvalue weighted by Gasteiger charge is -2.65. The number of rotatable bonds is 5. The van der Waals surface area contributed by atoms with Crippen LogP contribution in [0, 0.1) is 10.8 Å². The Labute approximate surface area is 158 Å². The zero-order chi connectivity index (χ0) is 17.8. The van der Waals surface area contributed by atoms with Crippen LogP contribution < -0.4 is 4.74 Å². The number of nitrogens with zero attached hydrogens (tertiary/aromatic N) is 2. The highest BCUT2D eigenvalue weighted by molar-refractivity contribution is 9.10. The van der Waals surface area contributed by atoms with Gasteiger partial charge in [0, 0.05) is 36.2 Å². The van der Waals surface area contributed by atoms with Crippen molar-refractivity contribution >= 4 is 21.7 Å². The van der Waals surface area contributed by atoms with Crippen molar-refractivity contribution in [2.24, 2.45) is 10.8 Å². The van der Waals surface area contributed by atoms with E-state index in [1.54, 1.807) is 7.11 Å². The van der Waals surface area contributed by atoms with Gasteiger partial charge in [0.1, 0.15) is 11.5 Å². The highest BCUT2D eigenvalue weighted by atomic mass is 79.9. The molecule has 0 spiro atoms. The van der Waals surface area contributed by atoms with Gasteiger partial charge in [0.05, 0.1) is 24.1 Å². The number of ether oxygens (including phenoxy) is 1. The predicted octanol–water partition coefficient (Wildman–Crippen LogP) is 3.85. The first-order valence-corrected chi connectivity index (χ1v) is 10.1. The molecule has 4 aliphatic heterocycles. The summed E-state index contributed by atoms with van der Waals surface area (Å²) in [5, 5.41) is 0. The highest BCUT2D eigenvalue weighted by Crippen LogP contribution is 2.54. The average Bonchev–Trinajstić information content (AvgIpc) is 2.57. The molecule has 25 heavy (non-hydrogen) atoms. The van der Waals surface area contributed by atoms with Crippen LogP contribution in [0.3, 0.4) is 0 Å². The summed E-state index contributed by atoms with van der Waals surface area (Å²) >= 11 is 3.61. The fourth-order valence-electron chi connectivity index (χ4n) is 5.48. The van der Waals surface area contributed by atoms with Crippen molar-refractivity contribution in [1.82, 2.24) is 9.80 Å². The van der Waals surface area contributed by atoms with Gasteiger partial charge in [-0.2, -0.15) is 0 Å². The minimum absolute atomic E-state index is 0.170. The molecule has 2 atom stereocenters. The van der Waals surface area contributed by atoms with Crippen LogP contribution in [-0.4, -0.2) is 48.9 Å². The van der Waals surface area contributed by atoms with Crippen molar-refractivity contribution in [1.29, 1.82) is 0 Å². The molecule has 0 aliphatic carbocycles. The topological polar surface area (TPSA) is 32.8 Å². The quantitative estimate of drug-likeness (QED) is 0.743. The number of hydrogen-bond donors (Lipinski definition) is 0. The Morgan fingerprint density at radius 3 is 2.52 bits per heavy atom. The van der Waals surface area contributed by atoms with Gasteiger partial charge in [-0.3, -0.25) is 14.6 Å². The number of ketones is 1. The smallest absolute Gasteiger partial charge is 0.150 e. The number of carbonyl (C=O) groups is 1. The van der Waals surface area contributed by atoms with E-state index in [1.165, 1.54) is 5.56 Å². The zero-order valence-corrected chi connectivity index (χ0v) is 16.9. The second-order valence-corrected chi connectivity index (χ2v) is 9.26. The van der Waals surface area contributed by atoms with Gasteiger partial charge in [0.15, 0.2) is 0 Å². The molecule has 4 heterocycles. The van der Waals surface area contributed by atoms with E-state index < -0.39 is 0 Å². The Kier molecular flexibility index (Phi) is 4.25. The minimum atomic E-state index is -0.222. The Morgan fingerprint density at radius 1 is 1.24 bits per heavy atom. The minimum Gasteiger partial charge on any atom is -0.496 e. The van der Waals surface area contributed by atoms with Gasteiger partial charge >= 0.3 is 0 Å². The molecule has 1 aromatic carbocycles. The lowest BCUT2D eigenvalue weighted by atomic mass is 9.59. The monoisotopic (exact) mass is 406 g/mol. The molecule has 4 saturated heterocycles. The first kappa shape index (κ1) is 17.5. The van der Waals surface area contributed by atoms with Gasteiger partial charge in [0.25, 0.3) is 0 Å². The molecule has 0 amide bonds. The SMILES string of the molecule is CCCCC12CN3CC(C)(CN(C1)C3c1cc(Br)ccc1OC)C2=O. The second-order valence-electron chi connectivity index (χ2n) is 8.34.